The monoisotopic (exact) mass is 229 g/mol. The second-order valence-corrected chi connectivity index (χ2v) is 4.94. The molecule has 0 bridgehead atoms. The van der Waals surface area contributed by atoms with Crippen molar-refractivity contribution in [3.05, 3.63) is 0 Å². The van der Waals surface area contributed by atoms with Gasteiger partial charge in [0.05, 0.1) is 6.61 Å². The molecule has 0 radical (unpaired) electrons. The molecule has 0 aromatic rings. The van der Waals surface area contributed by atoms with E-state index in [2.05, 4.69) is 36.1 Å². The lowest BCUT2D eigenvalue weighted by atomic mass is 10.0. The number of nitrogens with zero attached hydrogens (tertiary/aromatic N) is 2. The SMILES string of the molecule is CCNC(CO)CN(C)C1CCCN(C)C1. The van der Waals surface area contributed by atoms with Crippen LogP contribution in [-0.4, -0.2) is 73.9 Å². The zero-order valence-electron chi connectivity index (χ0n) is 10.9. The van der Waals surface area contributed by atoms with Gasteiger partial charge >= 0.3 is 0 Å². The molecular formula is C12H27N3O. The van der Waals surface area contributed by atoms with Crippen molar-refractivity contribution in [2.45, 2.75) is 31.8 Å². The van der Waals surface area contributed by atoms with Gasteiger partial charge in [0, 0.05) is 25.2 Å². The van der Waals surface area contributed by atoms with E-state index in [4.69, 9.17) is 0 Å². The van der Waals surface area contributed by atoms with Crippen LogP contribution in [0.3, 0.4) is 0 Å². The molecule has 0 aliphatic carbocycles. The number of hydrogen-bond donors (Lipinski definition) is 2. The number of likely N-dealkylation sites (tertiary alicyclic amines) is 1. The Bertz CT molecular complexity index is 189. The van der Waals surface area contributed by atoms with Crippen LogP contribution in [0.1, 0.15) is 19.8 Å². The van der Waals surface area contributed by atoms with Gasteiger partial charge in [0.1, 0.15) is 0 Å². The van der Waals surface area contributed by atoms with Gasteiger partial charge in [-0.15, -0.1) is 0 Å². The van der Waals surface area contributed by atoms with Crippen LogP contribution in [0.15, 0.2) is 0 Å². The van der Waals surface area contributed by atoms with Crippen LogP contribution in [0.2, 0.25) is 0 Å². The molecule has 1 aliphatic rings. The van der Waals surface area contributed by atoms with Crippen molar-refractivity contribution in [2.24, 2.45) is 0 Å². The van der Waals surface area contributed by atoms with Crippen molar-refractivity contribution in [2.75, 3.05) is 46.9 Å². The van der Waals surface area contributed by atoms with Crippen molar-refractivity contribution in [1.29, 1.82) is 0 Å². The third kappa shape index (κ3) is 4.37. The molecule has 16 heavy (non-hydrogen) atoms. The van der Waals surface area contributed by atoms with Crippen LogP contribution in [0.5, 0.6) is 0 Å². The fourth-order valence-electron chi connectivity index (χ4n) is 2.47. The third-order valence-corrected chi connectivity index (χ3v) is 3.44. The molecule has 0 spiro atoms. The van der Waals surface area contributed by atoms with Gasteiger partial charge in [0.15, 0.2) is 0 Å². The average Bonchev–Trinajstić information content (AvgIpc) is 2.28. The van der Waals surface area contributed by atoms with Crippen LogP contribution in [-0.2, 0) is 0 Å². The number of rotatable bonds is 6. The van der Waals surface area contributed by atoms with E-state index >= 15 is 0 Å². The normalized spacial score (nSPS) is 24.9. The molecule has 1 saturated heterocycles. The maximum absolute atomic E-state index is 9.26. The molecule has 2 atom stereocenters. The van der Waals surface area contributed by atoms with Crippen molar-refractivity contribution in [3.63, 3.8) is 0 Å². The first-order valence-electron chi connectivity index (χ1n) is 6.40. The number of aliphatic hydroxyl groups is 1. The minimum Gasteiger partial charge on any atom is -0.395 e. The maximum Gasteiger partial charge on any atom is 0.0597 e. The molecule has 0 amide bonds. The van der Waals surface area contributed by atoms with E-state index < -0.39 is 0 Å². The fraction of sp³-hybridized carbons (Fsp3) is 1.00. The molecule has 1 fully saturated rings. The molecule has 4 heteroatoms. The summed E-state index contributed by atoms with van der Waals surface area (Å²) in [4.78, 5) is 4.78. The van der Waals surface area contributed by atoms with Crippen LogP contribution in [0.25, 0.3) is 0 Å². The quantitative estimate of drug-likeness (QED) is 0.671. The number of nitrogens with one attached hydrogen (secondary N) is 1. The first kappa shape index (κ1) is 13.9. The number of hydrogen-bond acceptors (Lipinski definition) is 4. The molecule has 4 nitrogen and oxygen atoms in total. The zero-order valence-corrected chi connectivity index (χ0v) is 10.9. The molecule has 1 heterocycles. The summed E-state index contributed by atoms with van der Waals surface area (Å²) in [6.45, 7) is 6.53. The third-order valence-electron chi connectivity index (χ3n) is 3.44. The lowest BCUT2D eigenvalue weighted by Gasteiger charge is -2.37. The zero-order chi connectivity index (χ0) is 12.0. The van der Waals surface area contributed by atoms with Crippen LogP contribution in [0, 0.1) is 0 Å². The molecule has 1 aliphatic heterocycles. The highest BCUT2D eigenvalue weighted by atomic mass is 16.3. The Morgan fingerprint density at radius 1 is 1.56 bits per heavy atom. The Balaban J connectivity index is 2.34. The largest absolute Gasteiger partial charge is 0.395 e. The molecule has 96 valence electrons. The van der Waals surface area contributed by atoms with Crippen molar-refractivity contribution < 1.29 is 5.11 Å². The van der Waals surface area contributed by atoms with Crippen molar-refractivity contribution >= 4 is 0 Å². The van der Waals surface area contributed by atoms with Crippen molar-refractivity contribution in [3.8, 4) is 0 Å². The molecule has 0 aromatic heterocycles. The van der Waals surface area contributed by atoms with E-state index in [-0.39, 0.29) is 12.6 Å². The second kappa shape index (κ2) is 7.22. The molecule has 2 unspecified atom stereocenters. The predicted octanol–water partition coefficient (Wildman–Crippen LogP) is -0.0172. The number of aliphatic hydroxyl groups excluding tert-OH is 1. The summed E-state index contributed by atoms with van der Waals surface area (Å²) in [5, 5.41) is 12.6. The molecule has 0 saturated carbocycles. The van der Waals surface area contributed by atoms with E-state index in [1.807, 2.05) is 0 Å². The second-order valence-electron chi connectivity index (χ2n) is 4.94. The topological polar surface area (TPSA) is 38.7 Å². The minimum atomic E-state index is 0.210. The van der Waals surface area contributed by atoms with Gasteiger partial charge in [-0.25, -0.2) is 0 Å². The fourth-order valence-corrected chi connectivity index (χ4v) is 2.47. The summed E-state index contributed by atoms with van der Waals surface area (Å²) in [6, 6.07) is 0.855. The van der Waals surface area contributed by atoms with Gasteiger partial charge in [-0.2, -0.15) is 0 Å². The van der Waals surface area contributed by atoms with Crippen LogP contribution < -0.4 is 5.32 Å². The smallest absolute Gasteiger partial charge is 0.0597 e. The highest BCUT2D eigenvalue weighted by molar-refractivity contribution is 4.80. The summed E-state index contributed by atoms with van der Waals surface area (Å²) in [5.41, 5.74) is 0. The van der Waals surface area contributed by atoms with Gasteiger partial charge in [0.2, 0.25) is 0 Å². The summed E-state index contributed by atoms with van der Waals surface area (Å²) in [7, 11) is 4.36. The number of likely N-dealkylation sites (N-methyl/N-ethyl adjacent to an activating group) is 3. The molecular weight excluding hydrogens is 202 g/mol. The Labute approximate surface area is 99.6 Å². The Morgan fingerprint density at radius 3 is 2.88 bits per heavy atom. The number of piperidine rings is 1. The highest BCUT2D eigenvalue weighted by Gasteiger charge is 2.22. The maximum atomic E-state index is 9.26. The lowest BCUT2D eigenvalue weighted by molar-refractivity contribution is 0.112. The van der Waals surface area contributed by atoms with E-state index in [1.54, 1.807) is 0 Å². The first-order valence-corrected chi connectivity index (χ1v) is 6.40. The Hall–Kier alpha value is -0.160. The minimum absolute atomic E-state index is 0.210. The summed E-state index contributed by atoms with van der Waals surface area (Å²) >= 11 is 0. The van der Waals surface area contributed by atoms with Crippen LogP contribution in [0.4, 0.5) is 0 Å². The van der Waals surface area contributed by atoms with E-state index in [9.17, 15) is 5.11 Å². The molecule has 0 aromatic carbocycles. The highest BCUT2D eigenvalue weighted by Crippen LogP contribution is 2.13. The van der Waals surface area contributed by atoms with E-state index in [0.717, 1.165) is 19.6 Å². The molecule has 1 rings (SSSR count). The summed E-state index contributed by atoms with van der Waals surface area (Å²) in [5.74, 6) is 0. The van der Waals surface area contributed by atoms with Gasteiger partial charge in [-0.05, 0) is 40.0 Å². The molecule has 2 N–H and O–H groups in total. The lowest BCUT2D eigenvalue weighted by Crippen LogP contribution is -2.50. The van der Waals surface area contributed by atoms with E-state index in [1.165, 1.54) is 19.4 Å². The first-order chi connectivity index (χ1) is 7.67. The van der Waals surface area contributed by atoms with Crippen molar-refractivity contribution in [1.82, 2.24) is 15.1 Å². The Kier molecular flexibility index (Phi) is 6.28. The van der Waals surface area contributed by atoms with Crippen LogP contribution >= 0.6 is 0 Å². The van der Waals surface area contributed by atoms with Gasteiger partial charge < -0.3 is 20.2 Å². The average molecular weight is 229 g/mol. The van der Waals surface area contributed by atoms with Gasteiger partial charge in [0.25, 0.3) is 0 Å². The standard InChI is InChI=1S/C12H27N3O/c1-4-13-11(10-16)8-15(3)12-6-5-7-14(2)9-12/h11-13,16H,4-10H2,1-3H3. The van der Waals surface area contributed by atoms with E-state index in [0.29, 0.717) is 6.04 Å². The summed E-state index contributed by atoms with van der Waals surface area (Å²) < 4.78 is 0. The summed E-state index contributed by atoms with van der Waals surface area (Å²) in [6.07, 6.45) is 2.57. The van der Waals surface area contributed by atoms with Gasteiger partial charge in [-0.1, -0.05) is 6.92 Å². The van der Waals surface area contributed by atoms with Gasteiger partial charge in [-0.3, -0.25) is 0 Å². The Morgan fingerprint density at radius 2 is 2.31 bits per heavy atom. The predicted molar refractivity (Wildman–Crippen MR) is 67.7 cm³/mol.